The van der Waals surface area contributed by atoms with Gasteiger partial charge in [-0.15, -0.1) is 0 Å². The quantitative estimate of drug-likeness (QED) is 0.250. The van der Waals surface area contributed by atoms with Gasteiger partial charge in [-0.25, -0.2) is 0 Å². The summed E-state index contributed by atoms with van der Waals surface area (Å²) in [6, 6.07) is 32.2. The Morgan fingerprint density at radius 2 is 1.31 bits per heavy atom. The molecule has 0 saturated heterocycles. The Kier molecular flexibility index (Phi) is 5.90. The van der Waals surface area contributed by atoms with Crippen molar-refractivity contribution < 1.29 is 9.47 Å². The molecule has 3 aromatic carbocycles. The van der Waals surface area contributed by atoms with E-state index in [-0.39, 0.29) is 0 Å². The van der Waals surface area contributed by atoms with Gasteiger partial charge >= 0.3 is 0 Å². The van der Waals surface area contributed by atoms with Crippen molar-refractivity contribution in [2.24, 2.45) is 0 Å². The Labute approximate surface area is 195 Å². The summed E-state index contributed by atoms with van der Waals surface area (Å²) in [5, 5.41) is 1.13. The summed E-state index contributed by atoms with van der Waals surface area (Å²) in [6.45, 7) is 0.868. The van der Waals surface area contributed by atoms with Crippen LogP contribution in [0.3, 0.4) is 0 Å². The minimum absolute atomic E-state index is 0.420. The zero-order valence-corrected chi connectivity index (χ0v) is 18.9. The average Bonchev–Trinajstić information content (AvgIpc) is 3.19. The molecule has 158 valence electrons. The second kappa shape index (κ2) is 9.28. The van der Waals surface area contributed by atoms with Gasteiger partial charge in [0.2, 0.25) is 11.8 Å². The first-order chi connectivity index (χ1) is 15.8. The number of ether oxygens (including phenoxy) is 2. The number of nitrogens with zero attached hydrogens (tertiary/aromatic N) is 2. The fraction of sp³-hybridized carbons (Fsp3) is 0.0741. The predicted molar refractivity (Wildman–Crippen MR) is 130 cm³/mol. The number of rotatable bonds is 7. The molecule has 5 rings (SSSR count). The molecule has 5 heteroatoms. The molecule has 4 nitrogen and oxygen atoms in total. The van der Waals surface area contributed by atoms with E-state index in [0.717, 1.165) is 32.2 Å². The third-order valence-electron chi connectivity index (χ3n) is 5.19. The van der Waals surface area contributed by atoms with Gasteiger partial charge in [-0.05, 0) is 39.2 Å². The highest BCUT2D eigenvalue weighted by molar-refractivity contribution is 9.10. The molecule has 0 radical (unpaired) electrons. The number of fused-ring (bicyclic) bond motifs is 1. The molecule has 0 aliphatic heterocycles. The van der Waals surface area contributed by atoms with Crippen molar-refractivity contribution in [3.8, 4) is 17.4 Å². The van der Waals surface area contributed by atoms with Gasteiger partial charge in [-0.3, -0.25) is 0 Å². The third-order valence-corrected chi connectivity index (χ3v) is 5.82. The monoisotopic (exact) mass is 484 g/mol. The first kappa shape index (κ1) is 20.3. The minimum atomic E-state index is 0.420. The van der Waals surface area contributed by atoms with Crippen LogP contribution in [0, 0.1) is 0 Å². The van der Waals surface area contributed by atoms with Crippen LogP contribution in [-0.2, 0) is 13.2 Å². The Bertz CT molecular complexity index is 1330. The summed E-state index contributed by atoms with van der Waals surface area (Å²) in [5.41, 5.74) is 4.10. The smallest absolute Gasteiger partial charge is 0.241 e. The van der Waals surface area contributed by atoms with Crippen molar-refractivity contribution in [2.45, 2.75) is 13.2 Å². The molecule has 2 heterocycles. The van der Waals surface area contributed by atoms with E-state index in [0.29, 0.717) is 25.0 Å². The van der Waals surface area contributed by atoms with Crippen LogP contribution in [-0.4, -0.2) is 9.55 Å². The van der Waals surface area contributed by atoms with Crippen LogP contribution in [0.1, 0.15) is 11.1 Å². The lowest BCUT2D eigenvalue weighted by Crippen LogP contribution is -2.05. The van der Waals surface area contributed by atoms with E-state index >= 15 is 0 Å². The second-order valence-electron chi connectivity index (χ2n) is 7.39. The van der Waals surface area contributed by atoms with Crippen molar-refractivity contribution in [2.75, 3.05) is 0 Å². The lowest BCUT2D eigenvalue weighted by Gasteiger charge is -2.14. The van der Waals surface area contributed by atoms with Gasteiger partial charge < -0.3 is 14.0 Å². The average molecular weight is 485 g/mol. The van der Waals surface area contributed by atoms with Gasteiger partial charge in [0.25, 0.3) is 0 Å². The van der Waals surface area contributed by atoms with E-state index in [9.17, 15) is 0 Å². The molecule has 0 unspecified atom stereocenters. The van der Waals surface area contributed by atoms with Gasteiger partial charge in [0, 0.05) is 22.1 Å². The molecule has 2 aromatic heterocycles. The Morgan fingerprint density at radius 1 is 0.688 bits per heavy atom. The zero-order valence-electron chi connectivity index (χ0n) is 17.3. The fourth-order valence-electron chi connectivity index (χ4n) is 3.58. The number of aromatic nitrogens is 2. The summed E-state index contributed by atoms with van der Waals surface area (Å²) in [6.07, 6.45) is 2.04. The fourth-order valence-corrected chi connectivity index (χ4v) is 4.12. The highest BCUT2D eigenvalue weighted by Crippen LogP contribution is 2.33. The first-order valence-corrected chi connectivity index (χ1v) is 11.2. The molecular formula is C27H21BrN2O2. The number of hydrogen-bond acceptors (Lipinski definition) is 3. The van der Waals surface area contributed by atoms with E-state index < -0.39 is 0 Å². The second-order valence-corrected chi connectivity index (χ2v) is 8.24. The van der Waals surface area contributed by atoms with Gasteiger partial charge in [-0.1, -0.05) is 78.9 Å². The molecule has 0 aliphatic rings. The number of halogens is 1. The van der Waals surface area contributed by atoms with Crippen LogP contribution in [0.4, 0.5) is 0 Å². The summed E-state index contributed by atoms with van der Waals surface area (Å²) in [7, 11) is 0. The lowest BCUT2D eigenvalue weighted by molar-refractivity contribution is 0.267. The summed E-state index contributed by atoms with van der Waals surface area (Å²) >= 11 is 3.67. The maximum atomic E-state index is 6.20. The van der Waals surface area contributed by atoms with E-state index in [1.54, 1.807) is 0 Å². The van der Waals surface area contributed by atoms with Gasteiger partial charge in [0.1, 0.15) is 18.9 Å². The van der Waals surface area contributed by atoms with Gasteiger partial charge in [-0.2, -0.15) is 4.98 Å². The SMILES string of the molecule is Brc1cn(-c2ccc(OCc3ccccc3)nc2OCc2ccccc2)c2ccccc12. The third kappa shape index (κ3) is 4.39. The highest BCUT2D eigenvalue weighted by Gasteiger charge is 2.15. The van der Waals surface area contributed by atoms with Gasteiger partial charge in [0.05, 0.1) is 5.52 Å². The van der Waals surface area contributed by atoms with Crippen LogP contribution in [0.5, 0.6) is 11.8 Å². The van der Waals surface area contributed by atoms with Crippen molar-refractivity contribution in [1.82, 2.24) is 9.55 Å². The Balaban J connectivity index is 1.49. The molecule has 5 aromatic rings. The number of benzene rings is 3. The van der Waals surface area contributed by atoms with Crippen LogP contribution >= 0.6 is 15.9 Å². The molecule has 0 atom stereocenters. The number of para-hydroxylation sites is 1. The zero-order chi connectivity index (χ0) is 21.8. The predicted octanol–water partition coefficient (Wildman–Crippen LogP) is 6.95. The van der Waals surface area contributed by atoms with Crippen LogP contribution in [0.2, 0.25) is 0 Å². The van der Waals surface area contributed by atoms with E-state index in [2.05, 4.69) is 32.6 Å². The topological polar surface area (TPSA) is 36.3 Å². The molecule has 0 N–H and O–H groups in total. The largest absolute Gasteiger partial charge is 0.473 e. The summed E-state index contributed by atoms with van der Waals surface area (Å²) in [4.78, 5) is 4.71. The van der Waals surface area contributed by atoms with Gasteiger partial charge in [0.15, 0.2) is 0 Å². The minimum Gasteiger partial charge on any atom is -0.473 e. The van der Waals surface area contributed by atoms with Crippen molar-refractivity contribution in [1.29, 1.82) is 0 Å². The lowest BCUT2D eigenvalue weighted by atomic mass is 10.2. The number of pyridine rings is 1. The van der Waals surface area contributed by atoms with Crippen molar-refractivity contribution in [3.05, 3.63) is 119 Å². The van der Waals surface area contributed by atoms with E-state index in [4.69, 9.17) is 14.5 Å². The summed E-state index contributed by atoms with van der Waals surface area (Å²) < 4.78 is 15.3. The van der Waals surface area contributed by atoms with Crippen molar-refractivity contribution >= 4 is 26.8 Å². The molecule has 0 bridgehead atoms. The van der Waals surface area contributed by atoms with Crippen LogP contribution in [0.25, 0.3) is 16.6 Å². The maximum Gasteiger partial charge on any atom is 0.241 e. The Hall–Kier alpha value is -3.57. The normalized spacial score (nSPS) is 10.9. The van der Waals surface area contributed by atoms with E-state index in [1.807, 2.05) is 91.1 Å². The first-order valence-electron chi connectivity index (χ1n) is 10.4. The maximum absolute atomic E-state index is 6.20. The standard InChI is InChI=1S/C27H21BrN2O2/c28-23-17-30(24-14-8-7-13-22(23)24)25-15-16-26(31-18-20-9-3-1-4-10-20)29-27(25)32-19-21-11-5-2-6-12-21/h1-17H,18-19H2. The van der Waals surface area contributed by atoms with E-state index in [1.165, 1.54) is 0 Å². The highest BCUT2D eigenvalue weighted by atomic mass is 79.9. The van der Waals surface area contributed by atoms with Crippen LogP contribution < -0.4 is 9.47 Å². The molecule has 32 heavy (non-hydrogen) atoms. The molecule has 0 saturated carbocycles. The van der Waals surface area contributed by atoms with Crippen molar-refractivity contribution in [3.63, 3.8) is 0 Å². The Morgan fingerprint density at radius 3 is 2.03 bits per heavy atom. The number of hydrogen-bond donors (Lipinski definition) is 0. The molecule has 0 fully saturated rings. The molecule has 0 spiro atoms. The summed E-state index contributed by atoms with van der Waals surface area (Å²) in [5.74, 6) is 1.05. The molecule has 0 amide bonds. The molecular weight excluding hydrogens is 464 g/mol. The van der Waals surface area contributed by atoms with Crippen LogP contribution in [0.15, 0.2) is 108 Å². The molecule has 0 aliphatic carbocycles.